The molecule has 0 aliphatic rings. The van der Waals surface area contributed by atoms with Crippen molar-refractivity contribution in [2.24, 2.45) is 29.6 Å². The van der Waals surface area contributed by atoms with E-state index in [1.54, 1.807) is 34.6 Å². The first-order valence-corrected chi connectivity index (χ1v) is 35.0. The summed E-state index contributed by atoms with van der Waals surface area (Å²) >= 11 is 6.98. The van der Waals surface area contributed by atoms with Crippen LogP contribution in [0.5, 0.6) is 0 Å². The van der Waals surface area contributed by atoms with E-state index in [1.165, 1.54) is 47.0 Å². The van der Waals surface area contributed by atoms with Gasteiger partial charge in [0.15, 0.2) is 0 Å². The van der Waals surface area contributed by atoms with Crippen molar-refractivity contribution in [2.75, 3.05) is 179 Å². The predicted molar refractivity (Wildman–Crippen MR) is 329 cm³/mol. The molecule has 0 aliphatic heterocycles. The number of carbonyl (C=O) groups is 10. The minimum atomic E-state index is -0.570. The molecule has 0 heterocycles. The third kappa shape index (κ3) is 44.8. The molecule has 0 N–H and O–H groups in total. The van der Waals surface area contributed by atoms with Crippen LogP contribution in [0.25, 0.3) is 0 Å². The van der Waals surface area contributed by atoms with Crippen LogP contribution in [-0.2, 0) is 95.3 Å². The molecule has 0 saturated heterocycles. The van der Waals surface area contributed by atoms with Gasteiger partial charge in [-0.15, -0.1) is 0 Å². The Hall–Kier alpha value is -4.18. The van der Waals surface area contributed by atoms with E-state index < -0.39 is 53.7 Å². The molecule has 488 valence electrons. The van der Waals surface area contributed by atoms with Crippen molar-refractivity contribution in [2.45, 2.75) is 79.6 Å². The van der Waals surface area contributed by atoms with Gasteiger partial charge in [0.1, 0.15) is 71.5 Å². The van der Waals surface area contributed by atoms with Crippen LogP contribution in [0, 0.1) is 40.3 Å². The van der Waals surface area contributed by atoms with Crippen molar-refractivity contribution in [1.29, 1.82) is 5.26 Å². The summed E-state index contributed by atoms with van der Waals surface area (Å²) in [5.41, 5.74) is 0. The summed E-state index contributed by atoms with van der Waals surface area (Å²) < 4.78 is 52.9. The van der Waals surface area contributed by atoms with Gasteiger partial charge in [0.2, 0.25) is 0 Å². The molecule has 0 bridgehead atoms. The average Bonchev–Trinajstić information content (AvgIpc) is 3.50. The molecular formula is C56H94N4O20S5. The van der Waals surface area contributed by atoms with E-state index in [0.717, 1.165) is 11.8 Å². The second kappa shape index (κ2) is 52.9. The van der Waals surface area contributed by atoms with Gasteiger partial charge in [-0.2, -0.15) is 52.3 Å². The zero-order valence-electron chi connectivity index (χ0n) is 51.3. The topological polar surface area (TPSA) is 297 Å². The number of esters is 10. The van der Waals surface area contributed by atoms with Crippen molar-refractivity contribution in [3.8, 4) is 5.40 Å². The monoisotopic (exact) mass is 1300 g/mol. The van der Waals surface area contributed by atoms with Gasteiger partial charge in [0.25, 0.3) is 0 Å². The Labute approximate surface area is 524 Å². The number of nitrogens with zero attached hydrogens (tertiary/aromatic N) is 4. The first-order valence-electron chi connectivity index (χ1n) is 28.5. The largest absolute Gasteiger partial charge is 0.462 e. The first-order chi connectivity index (χ1) is 40.7. The lowest BCUT2D eigenvalue weighted by molar-refractivity contribution is -0.154. The highest BCUT2D eigenvalue weighted by Crippen LogP contribution is 2.12. The Balaban J connectivity index is 6.20. The minimum Gasteiger partial charge on any atom is -0.462 e. The van der Waals surface area contributed by atoms with Gasteiger partial charge in [-0.3, -0.25) is 47.9 Å². The summed E-state index contributed by atoms with van der Waals surface area (Å²) in [4.78, 5) is 132. The maximum Gasteiger partial charge on any atom is 0.309 e. The number of thioether (sulfide) groups is 5. The normalized spacial score (nSPS) is 12.9. The highest BCUT2D eigenvalue weighted by molar-refractivity contribution is 8.03. The molecule has 0 aromatic heterocycles. The summed E-state index contributed by atoms with van der Waals surface area (Å²) in [7, 11) is 0. The van der Waals surface area contributed by atoms with Crippen molar-refractivity contribution in [1.82, 2.24) is 14.7 Å². The van der Waals surface area contributed by atoms with Gasteiger partial charge in [-0.05, 0) is 75.8 Å². The Morgan fingerprint density at radius 1 is 0.318 bits per heavy atom. The SMILES string of the molecule is CSCC(C)C(=O)OCCOC(=O)CCN(CCCN(CCC(=O)OCCOC(=O)C(C)CSC)CCC(=O)OCCOC(=O)C(C)CSC)CCCN(CCC(=O)OCCOC(=O)C(C)CSC)CCC(=O)OCCOC(=O)C(C)CSC#N. The number of hydrogen-bond acceptors (Lipinski definition) is 29. The molecule has 5 atom stereocenters. The van der Waals surface area contributed by atoms with Crippen molar-refractivity contribution in [3.05, 3.63) is 0 Å². The van der Waals surface area contributed by atoms with E-state index in [1.807, 2.05) is 45.1 Å². The van der Waals surface area contributed by atoms with Gasteiger partial charge < -0.3 is 62.1 Å². The summed E-state index contributed by atoms with van der Waals surface area (Å²) in [5, 5.41) is 10.7. The lowest BCUT2D eigenvalue weighted by Crippen LogP contribution is -2.36. The number of rotatable bonds is 53. The Morgan fingerprint density at radius 2 is 0.506 bits per heavy atom. The van der Waals surface area contributed by atoms with Crippen LogP contribution >= 0.6 is 58.8 Å². The highest BCUT2D eigenvalue weighted by atomic mass is 32.2. The molecule has 0 aromatic carbocycles. The molecule has 24 nitrogen and oxygen atoms in total. The molecule has 0 fully saturated rings. The Kier molecular flexibility index (Phi) is 50.3. The van der Waals surface area contributed by atoms with Crippen molar-refractivity contribution >= 4 is 119 Å². The summed E-state index contributed by atoms with van der Waals surface area (Å²) in [6, 6.07) is 0. The molecule has 0 aliphatic carbocycles. The zero-order valence-corrected chi connectivity index (χ0v) is 55.4. The third-order valence-electron chi connectivity index (χ3n) is 12.1. The highest BCUT2D eigenvalue weighted by Gasteiger charge is 2.21. The van der Waals surface area contributed by atoms with Crippen LogP contribution in [0.15, 0.2) is 0 Å². The van der Waals surface area contributed by atoms with Crippen LogP contribution in [0.2, 0.25) is 0 Å². The summed E-state index contributed by atoms with van der Waals surface area (Å²) in [6.07, 6.45) is 8.28. The first kappa shape index (κ1) is 80.8. The lowest BCUT2D eigenvalue weighted by Gasteiger charge is -2.27. The Morgan fingerprint density at radius 3 is 0.706 bits per heavy atom. The minimum absolute atomic E-state index is 0.0178. The molecule has 0 rings (SSSR count). The fourth-order valence-corrected chi connectivity index (χ4v) is 10.4. The molecular weight excluding hydrogens is 1210 g/mol. The zero-order chi connectivity index (χ0) is 63.6. The number of thiocyanates is 1. The van der Waals surface area contributed by atoms with Crippen LogP contribution in [-0.4, -0.2) is 253 Å². The Bertz CT molecular complexity index is 1940. The van der Waals surface area contributed by atoms with Crippen molar-refractivity contribution < 1.29 is 95.3 Å². The third-order valence-corrected chi connectivity index (χ3v) is 16.2. The predicted octanol–water partition coefficient (Wildman–Crippen LogP) is 4.90. The van der Waals surface area contributed by atoms with Gasteiger partial charge in [0, 0.05) is 61.5 Å². The van der Waals surface area contributed by atoms with Crippen LogP contribution in [0.4, 0.5) is 0 Å². The maximum absolute atomic E-state index is 13.0. The second-order valence-electron chi connectivity index (χ2n) is 19.7. The van der Waals surface area contributed by atoms with E-state index in [9.17, 15) is 47.9 Å². The smallest absolute Gasteiger partial charge is 0.309 e. The quantitative estimate of drug-likeness (QED) is 0.0338. The van der Waals surface area contributed by atoms with Gasteiger partial charge in [-0.1, -0.05) is 34.6 Å². The van der Waals surface area contributed by atoms with E-state index in [2.05, 4.69) is 0 Å². The molecule has 0 aromatic rings. The lowest BCUT2D eigenvalue weighted by atomic mass is 10.2. The van der Waals surface area contributed by atoms with E-state index >= 15 is 0 Å². The summed E-state index contributed by atoms with van der Waals surface area (Å²) in [5.74, 6) is -3.98. The van der Waals surface area contributed by atoms with Gasteiger partial charge in [0.05, 0.1) is 61.7 Å². The van der Waals surface area contributed by atoms with Crippen LogP contribution in [0.3, 0.4) is 0 Å². The van der Waals surface area contributed by atoms with Crippen LogP contribution in [0.1, 0.15) is 79.6 Å². The van der Waals surface area contributed by atoms with E-state index in [0.29, 0.717) is 62.0 Å². The summed E-state index contributed by atoms with van der Waals surface area (Å²) in [6.45, 7) is 10.0. The number of carbonyl (C=O) groups excluding carboxylic acids is 10. The van der Waals surface area contributed by atoms with E-state index in [4.69, 9.17) is 52.6 Å². The maximum atomic E-state index is 13.0. The molecule has 0 amide bonds. The number of nitriles is 1. The fourth-order valence-electron chi connectivity index (χ4n) is 7.35. The van der Waals surface area contributed by atoms with Gasteiger partial charge in [-0.25, -0.2) is 0 Å². The molecule has 5 unspecified atom stereocenters. The van der Waals surface area contributed by atoms with E-state index in [-0.39, 0.29) is 172 Å². The van der Waals surface area contributed by atoms with Crippen molar-refractivity contribution in [3.63, 3.8) is 0 Å². The molecule has 0 radical (unpaired) electrons. The average molecular weight is 1300 g/mol. The van der Waals surface area contributed by atoms with Gasteiger partial charge >= 0.3 is 59.7 Å². The standard InChI is InChI=1S/C56H94N4O20S5/c1-42(36-81-6)52(66)76-31-26-71-47(61)12-21-58(17-10-19-59(22-13-48(62)72-27-32-77-53(67)43(2)37-82-7)23-14-49(63)73-28-33-78-54(68)44(3)38-83-8)18-11-20-60(24-15-50(64)74-29-34-79-55(69)45(4)39-84-9)25-16-51(65)75-30-35-80-56(70)46(5)40-85-41-57/h42-46H,10-40H2,1-9H3. The molecule has 0 saturated carbocycles. The molecule has 29 heteroatoms. The number of ether oxygens (including phenoxy) is 10. The molecule has 85 heavy (non-hydrogen) atoms. The second-order valence-corrected chi connectivity index (χ2v) is 24.1. The van der Waals surface area contributed by atoms with Crippen LogP contribution < -0.4 is 0 Å². The number of hydrogen-bond donors (Lipinski definition) is 0. The fraction of sp³-hybridized carbons (Fsp3) is 0.804. The molecule has 0 spiro atoms.